The molecule has 0 aliphatic carbocycles. The number of alkyl halides is 3. The lowest BCUT2D eigenvalue weighted by Gasteiger charge is -2.23. The Hall–Kier alpha value is -1.77. The van der Waals surface area contributed by atoms with Gasteiger partial charge in [0.1, 0.15) is 0 Å². The standard InChI is InChI=1S/C16H23F3N2O3S/c1-4-12(2)20-15(22)9-6-10-21(25(3,23)24)14-8-5-7-13(11-14)16(17,18)19/h5,7-8,11-12H,4,6,9-10H2,1-3H3,(H,20,22). The third-order valence-electron chi connectivity index (χ3n) is 3.65. The van der Waals surface area contributed by atoms with Gasteiger partial charge in [-0.1, -0.05) is 13.0 Å². The smallest absolute Gasteiger partial charge is 0.354 e. The summed E-state index contributed by atoms with van der Waals surface area (Å²) in [6, 6.07) is 4.15. The highest BCUT2D eigenvalue weighted by molar-refractivity contribution is 7.92. The fraction of sp³-hybridized carbons (Fsp3) is 0.562. The summed E-state index contributed by atoms with van der Waals surface area (Å²) in [5.41, 5.74) is -0.993. The molecule has 25 heavy (non-hydrogen) atoms. The highest BCUT2D eigenvalue weighted by Gasteiger charge is 2.31. The molecule has 1 aromatic carbocycles. The first kappa shape index (κ1) is 21.3. The Bertz CT molecular complexity index is 690. The van der Waals surface area contributed by atoms with E-state index in [4.69, 9.17) is 0 Å². The minimum Gasteiger partial charge on any atom is -0.354 e. The largest absolute Gasteiger partial charge is 0.416 e. The van der Waals surface area contributed by atoms with Crippen LogP contribution in [-0.2, 0) is 21.0 Å². The van der Waals surface area contributed by atoms with Crippen molar-refractivity contribution in [1.82, 2.24) is 5.32 Å². The molecule has 1 N–H and O–H groups in total. The SMILES string of the molecule is CCC(C)NC(=O)CCCN(c1cccc(C(F)(F)F)c1)S(C)(=O)=O. The molecule has 0 bridgehead atoms. The lowest BCUT2D eigenvalue weighted by molar-refractivity contribution is -0.137. The summed E-state index contributed by atoms with van der Waals surface area (Å²) in [5, 5.41) is 2.76. The number of carbonyl (C=O) groups excluding carboxylic acids is 1. The maximum absolute atomic E-state index is 12.8. The van der Waals surface area contributed by atoms with Crippen LogP contribution in [-0.4, -0.2) is 33.2 Å². The van der Waals surface area contributed by atoms with Crippen LogP contribution in [0, 0.1) is 0 Å². The van der Waals surface area contributed by atoms with Crippen LogP contribution in [0.25, 0.3) is 0 Å². The van der Waals surface area contributed by atoms with Crippen molar-refractivity contribution in [1.29, 1.82) is 0 Å². The molecule has 142 valence electrons. The first-order chi connectivity index (χ1) is 11.4. The van der Waals surface area contributed by atoms with Crippen molar-refractivity contribution in [2.75, 3.05) is 17.1 Å². The van der Waals surface area contributed by atoms with Gasteiger partial charge in [-0.15, -0.1) is 0 Å². The van der Waals surface area contributed by atoms with Crippen LogP contribution in [0.1, 0.15) is 38.7 Å². The average Bonchev–Trinajstić information content (AvgIpc) is 2.49. The topological polar surface area (TPSA) is 66.5 Å². The molecule has 0 aliphatic rings. The molecule has 1 aromatic rings. The zero-order valence-electron chi connectivity index (χ0n) is 14.4. The number of halogens is 3. The molecule has 0 spiro atoms. The molecule has 1 unspecified atom stereocenters. The van der Waals surface area contributed by atoms with Crippen molar-refractivity contribution in [2.45, 2.75) is 45.3 Å². The van der Waals surface area contributed by atoms with Crippen molar-refractivity contribution < 1.29 is 26.4 Å². The van der Waals surface area contributed by atoms with E-state index >= 15 is 0 Å². The summed E-state index contributed by atoms with van der Waals surface area (Å²) in [5.74, 6) is -0.216. The number of nitrogens with zero attached hydrogens (tertiary/aromatic N) is 1. The number of hydrogen-bond donors (Lipinski definition) is 1. The zero-order valence-corrected chi connectivity index (χ0v) is 15.2. The molecule has 0 saturated heterocycles. The van der Waals surface area contributed by atoms with Crippen LogP contribution in [0.2, 0.25) is 0 Å². The second-order valence-electron chi connectivity index (χ2n) is 5.86. The molecule has 0 aromatic heterocycles. The lowest BCUT2D eigenvalue weighted by Crippen LogP contribution is -2.34. The monoisotopic (exact) mass is 380 g/mol. The van der Waals surface area contributed by atoms with Gasteiger partial charge in [0.15, 0.2) is 0 Å². The summed E-state index contributed by atoms with van der Waals surface area (Å²) in [6.45, 7) is 3.70. The van der Waals surface area contributed by atoms with E-state index in [2.05, 4.69) is 5.32 Å². The van der Waals surface area contributed by atoms with Crippen LogP contribution >= 0.6 is 0 Å². The molecule has 1 atom stereocenters. The highest BCUT2D eigenvalue weighted by Crippen LogP contribution is 2.32. The van der Waals surface area contributed by atoms with Crippen LogP contribution in [0.3, 0.4) is 0 Å². The van der Waals surface area contributed by atoms with E-state index in [1.165, 1.54) is 6.07 Å². The summed E-state index contributed by atoms with van der Waals surface area (Å²) in [7, 11) is -3.77. The Labute approximate surface area is 146 Å². The van der Waals surface area contributed by atoms with Gasteiger partial charge in [0.25, 0.3) is 0 Å². The van der Waals surface area contributed by atoms with E-state index in [0.29, 0.717) is 0 Å². The summed E-state index contributed by atoms with van der Waals surface area (Å²) < 4.78 is 63.2. The number of sulfonamides is 1. The predicted octanol–water partition coefficient (Wildman–Crippen LogP) is 3.17. The Morgan fingerprint density at radius 1 is 1.32 bits per heavy atom. The minimum atomic E-state index is -4.56. The molecule has 0 heterocycles. The Balaban J connectivity index is 2.85. The van der Waals surface area contributed by atoms with Gasteiger partial charge in [0.05, 0.1) is 17.5 Å². The van der Waals surface area contributed by atoms with Gasteiger partial charge in [-0.25, -0.2) is 8.42 Å². The van der Waals surface area contributed by atoms with Crippen molar-refractivity contribution in [3.8, 4) is 0 Å². The molecule has 1 amide bonds. The molecule has 0 radical (unpaired) electrons. The average molecular weight is 380 g/mol. The number of amides is 1. The van der Waals surface area contributed by atoms with Gasteiger partial charge in [-0.05, 0) is 38.0 Å². The van der Waals surface area contributed by atoms with E-state index in [9.17, 15) is 26.4 Å². The molecule has 0 fully saturated rings. The number of anilines is 1. The quantitative estimate of drug-likeness (QED) is 0.753. The van der Waals surface area contributed by atoms with E-state index in [1.54, 1.807) is 0 Å². The molecule has 0 aliphatic heterocycles. The zero-order chi connectivity index (χ0) is 19.3. The molecular formula is C16H23F3N2O3S. The van der Waals surface area contributed by atoms with Crippen LogP contribution < -0.4 is 9.62 Å². The highest BCUT2D eigenvalue weighted by atomic mass is 32.2. The van der Waals surface area contributed by atoms with Gasteiger partial charge in [-0.2, -0.15) is 13.2 Å². The molecule has 1 rings (SSSR count). The first-order valence-corrected chi connectivity index (χ1v) is 9.74. The lowest BCUT2D eigenvalue weighted by atomic mass is 10.2. The third kappa shape index (κ3) is 6.93. The fourth-order valence-electron chi connectivity index (χ4n) is 2.16. The summed E-state index contributed by atoms with van der Waals surface area (Å²) >= 11 is 0. The van der Waals surface area contributed by atoms with Crippen LogP contribution in [0.5, 0.6) is 0 Å². The molecule has 9 heteroatoms. The van der Waals surface area contributed by atoms with Crippen molar-refractivity contribution >= 4 is 21.6 Å². The Morgan fingerprint density at radius 3 is 2.48 bits per heavy atom. The maximum atomic E-state index is 12.8. The van der Waals surface area contributed by atoms with E-state index in [0.717, 1.165) is 35.2 Å². The minimum absolute atomic E-state index is 0.0157. The second-order valence-corrected chi connectivity index (χ2v) is 7.77. The number of carbonyl (C=O) groups is 1. The first-order valence-electron chi connectivity index (χ1n) is 7.89. The van der Waals surface area contributed by atoms with Crippen molar-refractivity contribution in [2.24, 2.45) is 0 Å². The van der Waals surface area contributed by atoms with Gasteiger partial charge in [0, 0.05) is 19.0 Å². The normalized spacial score (nSPS) is 13.4. The van der Waals surface area contributed by atoms with Gasteiger partial charge >= 0.3 is 6.18 Å². The maximum Gasteiger partial charge on any atom is 0.416 e. The van der Waals surface area contributed by atoms with Gasteiger partial charge < -0.3 is 5.32 Å². The van der Waals surface area contributed by atoms with Crippen LogP contribution in [0.15, 0.2) is 24.3 Å². The number of rotatable bonds is 8. The second kappa shape index (κ2) is 8.55. The van der Waals surface area contributed by atoms with Crippen molar-refractivity contribution in [3.63, 3.8) is 0 Å². The number of nitrogens with one attached hydrogen (secondary N) is 1. The van der Waals surface area contributed by atoms with E-state index in [-0.39, 0.29) is 37.0 Å². The van der Waals surface area contributed by atoms with Gasteiger partial charge in [-0.3, -0.25) is 9.10 Å². The summed E-state index contributed by atoms with van der Waals surface area (Å²) in [4.78, 5) is 11.7. The third-order valence-corrected chi connectivity index (χ3v) is 4.84. The van der Waals surface area contributed by atoms with Gasteiger partial charge in [0.2, 0.25) is 15.9 Å². The number of hydrogen-bond acceptors (Lipinski definition) is 3. The summed E-state index contributed by atoms with van der Waals surface area (Å²) in [6.07, 6.45) is -2.58. The fourth-order valence-corrected chi connectivity index (χ4v) is 3.11. The Morgan fingerprint density at radius 2 is 1.96 bits per heavy atom. The molecule has 0 saturated carbocycles. The molecule has 5 nitrogen and oxygen atoms in total. The van der Waals surface area contributed by atoms with E-state index in [1.807, 2.05) is 13.8 Å². The van der Waals surface area contributed by atoms with E-state index < -0.39 is 21.8 Å². The predicted molar refractivity (Wildman–Crippen MR) is 90.8 cm³/mol. The number of benzene rings is 1. The van der Waals surface area contributed by atoms with Crippen LogP contribution in [0.4, 0.5) is 18.9 Å². The Kier molecular flexibility index (Phi) is 7.28. The molecular weight excluding hydrogens is 357 g/mol. The van der Waals surface area contributed by atoms with Crippen molar-refractivity contribution in [3.05, 3.63) is 29.8 Å².